The van der Waals surface area contributed by atoms with Crippen LogP contribution in [0.4, 0.5) is 0 Å². The molecule has 0 radical (unpaired) electrons. The smallest absolute Gasteiger partial charge is 0.159 e. The third-order valence-electron chi connectivity index (χ3n) is 9.21. The molecule has 1 unspecified atom stereocenters. The van der Waals surface area contributed by atoms with Crippen molar-refractivity contribution in [1.82, 2.24) is 4.90 Å². The fourth-order valence-corrected chi connectivity index (χ4v) is 6.62. The molecule has 0 amide bonds. The average molecular weight is 629 g/mol. The number of amidine groups is 2. The topological polar surface area (TPSA) is 51.8 Å². The number of rotatable bonds is 6. The Morgan fingerprint density at radius 1 is 0.490 bits per heavy atom. The van der Waals surface area contributed by atoms with Crippen LogP contribution in [0.1, 0.15) is 28.4 Å². The Kier molecular flexibility index (Phi) is 7.85. The first-order valence-corrected chi connectivity index (χ1v) is 16.4. The van der Waals surface area contributed by atoms with Gasteiger partial charge in [0.15, 0.2) is 5.84 Å². The molecule has 0 N–H and O–H groups in total. The normalized spacial score (nSPS) is 14.2. The largest absolute Gasteiger partial charge is 0.333 e. The van der Waals surface area contributed by atoms with Crippen molar-refractivity contribution in [1.29, 1.82) is 5.26 Å². The molecule has 0 spiro atoms. The molecular weight excluding hydrogens is 597 g/mol. The number of aliphatic imine (C=N–C) groups is 2. The summed E-state index contributed by atoms with van der Waals surface area (Å²) < 4.78 is 0. The quantitative estimate of drug-likeness (QED) is 0.184. The lowest BCUT2D eigenvalue weighted by molar-refractivity contribution is 0.383. The molecule has 49 heavy (non-hydrogen) atoms. The van der Waals surface area contributed by atoms with E-state index in [0.717, 1.165) is 50.6 Å². The maximum Gasteiger partial charge on any atom is 0.159 e. The molecule has 4 heteroatoms. The molecule has 232 valence electrons. The van der Waals surface area contributed by atoms with E-state index in [4.69, 9.17) is 9.98 Å². The number of fused-ring (bicyclic) bond motifs is 1. The molecule has 0 saturated heterocycles. The second-order valence-electron chi connectivity index (χ2n) is 12.2. The molecule has 0 aliphatic carbocycles. The van der Waals surface area contributed by atoms with Gasteiger partial charge in [-0.1, -0.05) is 158 Å². The minimum Gasteiger partial charge on any atom is -0.333 e. The van der Waals surface area contributed by atoms with Crippen LogP contribution >= 0.6 is 0 Å². The SMILES string of the molecule is CN1C(c2ccccc2)=NC(c2ccc(-c3ccc(-c4ccc(-c5ccc(C#N)cc5)c5ccccc45)cc3)cc2)=NC1c1ccccc1. The van der Waals surface area contributed by atoms with Crippen LogP contribution in [0, 0.1) is 11.3 Å². The highest BCUT2D eigenvalue weighted by Gasteiger charge is 2.26. The molecule has 8 rings (SSSR count). The van der Waals surface area contributed by atoms with E-state index in [9.17, 15) is 5.26 Å². The minimum absolute atomic E-state index is 0.176. The number of nitriles is 1. The summed E-state index contributed by atoms with van der Waals surface area (Å²) in [6.45, 7) is 0. The Morgan fingerprint density at radius 3 is 1.51 bits per heavy atom. The van der Waals surface area contributed by atoms with E-state index < -0.39 is 0 Å². The molecule has 1 heterocycles. The summed E-state index contributed by atoms with van der Waals surface area (Å²) in [4.78, 5) is 12.3. The minimum atomic E-state index is -0.176. The summed E-state index contributed by atoms with van der Waals surface area (Å²) in [5, 5.41) is 11.6. The van der Waals surface area contributed by atoms with Crippen molar-refractivity contribution in [3.63, 3.8) is 0 Å². The molecule has 0 fully saturated rings. The van der Waals surface area contributed by atoms with Crippen molar-refractivity contribution >= 4 is 22.4 Å². The van der Waals surface area contributed by atoms with Gasteiger partial charge < -0.3 is 4.90 Å². The standard InChI is InChI=1S/C45H32N4/c1-49-44(37-10-4-2-5-11-37)47-43(48-45(49)38-12-6-3-7-13-38)36-26-22-33(23-27-36)32-20-24-35(25-21-32)40-29-28-39(41-14-8-9-15-42(40)41)34-18-16-31(30-46)17-19-34/h2-29,44H,1H3. The van der Waals surface area contributed by atoms with E-state index in [1.165, 1.54) is 21.9 Å². The number of hydrogen-bond donors (Lipinski definition) is 0. The van der Waals surface area contributed by atoms with Gasteiger partial charge in [0.1, 0.15) is 12.0 Å². The van der Waals surface area contributed by atoms with Gasteiger partial charge in [0.05, 0.1) is 11.6 Å². The summed E-state index contributed by atoms with van der Waals surface area (Å²) in [7, 11) is 2.06. The van der Waals surface area contributed by atoms with E-state index in [1.54, 1.807) is 0 Å². The van der Waals surface area contributed by atoms with E-state index in [2.05, 4.69) is 139 Å². The van der Waals surface area contributed by atoms with Crippen LogP contribution in [0.25, 0.3) is 44.2 Å². The first kappa shape index (κ1) is 29.8. The van der Waals surface area contributed by atoms with E-state index >= 15 is 0 Å². The zero-order valence-corrected chi connectivity index (χ0v) is 27.0. The van der Waals surface area contributed by atoms with Crippen LogP contribution in [0.15, 0.2) is 180 Å². The van der Waals surface area contributed by atoms with Crippen LogP contribution in [-0.2, 0) is 0 Å². The van der Waals surface area contributed by atoms with Crippen LogP contribution in [0.2, 0.25) is 0 Å². The zero-order valence-electron chi connectivity index (χ0n) is 27.0. The molecule has 0 bridgehead atoms. The molecule has 7 aromatic carbocycles. The average Bonchev–Trinajstić information content (AvgIpc) is 3.18. The molecular formula is C45H32N4. The summed E-state index contributed by atoms with van der Waals surface area (Å²) in [6.07, 6.45) is -0.176. The lowest BCUT2D eigenvalue weighted by Crippen LogP contribution is -2.35. The van der Waals surface area contributed by atoms with Crippen LogP contribution in [0.3, 0.4) is 0 Å². The van der Waals surface area contributed by atoms with Gasteiger partial charge in [0.25, 0.3) is 0 Å². The van der Waals surface area contributed by atoms with Gasteiger partial charge in [-0.05, 0) is 61.8 Å². The number of benzene rings is 7. The molecule has 1 atom stereocenters. The Bertz CT molecular complexity index is 2370. The van der Waals surface area contributed by atoms with Crippen molar-refractivity contribution in [2.75, 3.05) is 7.05 Å². The first-order valence-electron chi connectivity index (χ1n) is 16.4. The van der Waals surface area contributed by atoms with Crippen LogP contribution in [0.5, 0.6) is 0 Å². The Balaban J connectivity index is 1.09. The van der Waals surface area contributed by atoms with Crippen molar-refractivity contribution in [2.45, 2.75) is 6.17 Å². The lowest BCUT2D eigenvalue weighted by Gasteiger charge is -2.32. The second kappa shape index (κ2) is 12.9. The summed E-state index contributed by atoms with van der Waals surface area (Å²) in [5.74, 6) is 1.63. The van der Waals surface area contributed by atoms with Crippen LogP contribution < -0.4 is 0 Å². The molecule has 0 saturated carbocycles. The summed E-state index contributed by atoms with van der Waals surface area (Å²) in [6, 6.07) is 61.0. The Morgan fingerprint density at radius 2 is 0.959 bits per heavy atom. The van der Waals surface area contributed by atoms with Gasteiger partial charge in [-0.3, -0.25) is 0 Å². The fraction of sp³-hybridized carbons (Fsp3) is 0.0444. The molecule has 0 aromatic heterocycles. The van der Waals surface area contributed by atoms with Gasteiger partial charge in [-0.15, -0.1) is 0 Å². The van der Waals surface area contributed by atoms with Crippen LogP contribution in [-0.4, -0.2) is 23.6 Å². The highest BCUT2D eigenvalue weighted by Crippen LogP contribution is 2.37. The number of hydrogen-bond acceptors (Lipinski definition) is 4. The third-order valence-corrected chi connectivity index (χ3v) is 9.21. The van der Waals surface area contributed by atoms with Crippen molar-refractivity contribution in [2.24, 2.45) is 9.98 Å². The predicted molar refractivity (Wildman–Crippen MR) is 201 cm³/mol. The van der Waals surface area contributed by atoms with Gasteiger partial charge in [0.2, 0.25) is 0 Å². The molecule has 1 aliphatic rings. The van der Waals surface area contributed by atoms with Gasteiger partial charge in [-0.2, -0.15) is 5.26 Å². The molecule has 7 aromatic rings. The van der Waals surface area contributed by atoms with E-state index in [-0.39, 0.29) is 6.17 Å². The number of nitrogens with zero attached hydrogens (tertiary/aromatic N) is 4. The van der Waals surface area contributed by atoms with Gasteiger partial charge in [0, 0.05) is 18.2 Å². The highest BCUT2D eigenvalue weighted by molar-refractivity contribution is 6.13. The lowest BCUT2D eigenvalue weighted by atomic mass is 9.91. The van der Waals surface area contributed by atoms with Crippen molar-refractivity contribution in [3.05, 3.63) is 192 Å². The first-order chi connectivity index (χ1) is 24.2. The summed E-state index contributed by atoms with van der Waals surface area (Å²) >= 11 is 0. The maximum absolute atomic E-state index is 9.23. The monoisotopic (exact) mass is 628 g/mol. The zero-order chi connectivity index (χ0) is 33.2. The molecule has 1 aliphatic heterocycles. The fourth-order valence-electron chi connectivity index (χ4n) is 6.62. The Labute approximate surface area is 286 Å². The highest BCUT2D eigenvalue weighted by atomic mass is 15.3. The molecule has 4 nitrogen and oxygen atoms in total. The Hall–Kier alpha value is -6.57. The van der Waals surface area contributed by atoms with Crippen molar-refractivity contribution in [3.8, 4) is 39.4 Å². The van der Waals surface area contributed by atoms with Crippen molar-refractivity contribution < 1.29 is 0 Å². The third kappa shape index (κ3) is 5.79. The van der Waals surface area contributed by atoms with E-state index in [1.807, 2.05) is 48.5 Å². The van der Waals surface area contributed by atoms with Gasteiger partial charge >= 0.3 is 0 Å². The summed E-state index contributed by atoms with van der Waals surface area (Å²) in [5.41, 5.74) is 10.7. The maximum atomic E-state index is 9.23. The second-order valence-corrected chi connectivity index (χ2v) is 12.2. The van der Waals surface area contributed by atoms with E-state index in [0.29, 0.717) is 5.56 Å². The predicted octanol–water partition coefficient (Wildman–Crippen LogP) is 10.6. The van der Waals surface area contributed by atoms with Gasteiger partial charge in [-0.25, -0.2) is 9.98 Å².